The highest BCUT2D eigenvalue weighted by Gasteiger charge is 2.32. The Morgan fingerprint density at radius 1 is 1.03 bits per heavy atom. The predicted molar refractivity (Wildman–Crippen MR) is 144 cm³/mol. The largest absolute Gasteiger partial charge is 0.361 e. The maximum absolute atomic E-state index is 12.4. The lowest BCUT2D eigenvalue weighted by molar-refractivity contribution is 0.0827. The minimum absolute atomic E-state index is 0.0545. The summed E-state index contributed by atoms with van der Waals surface area (Å²) in [5, 5.41) is 1.26. The molecule has 3 aromatic carbocycles. The van der Waals surface area contributed by atoms with Gasteiger partial charge in [0.25, 0.3) is 5.91 Å². The number of anilines is 1. The molecular weight excluding hydrogens is 479 g/mol. The molecule has 0 saturated carbocycles. The normalized spacial score (nSPS) is 17.0. The molecule has 0 N–H and O–H groups in total. The summed E-state index contributed by atoms with van der Waals surface area (Å²) >= 11 is 12.9. The third-order valence-electron chi connectivity index (χ3n) is 6.63. The molecule has 0 bridgehead atoms. The monoisotopic (exact) mass is 506 g/mol. The summed E-state index contributed by atoms with van der Waals surface area (Å²) in [5.74, 6) is -0.0735. The Labute approximate surface area is 217 Å². The van der Waals surface area contributed by atoms with Gasteiger partial charge in [0.2, 0.25) is 0 Å². The first-order chi connectivity index (χ1) is 16.8. The van der Waals surface area contributed by atoms with Gasteiger partial charge in [0.1, 0.15) is 0 Å². The molecule has 0 unspecified atom stereocenters. The third kappa shape index (κ3) is 5.46. The lowest BCUT2D eigenvalue weighted by Crippen LogP contribution is -2.49. The van der Waals surface area contributed by atoms with Gasteiger partial charge in [-0.05, 0) is 48.4 Å². The quantitative estimate of drug-likeness (QED) is 0.353. The third-order valence-corrected chi connectivity index (χ3v) is 7.18. The van der Waals surface area contributed by atoms with Gasteiger partial charge in [0, 0.05) is 50.4 Å². The molecular formula is C28H28Cl2N4O. The number of carbonyl (C=O) groups is 1. The Balaban J connectivity index is 1.65. The van der Waals surface area contributed by atoms with Crippen LogP contribution >= 0.6 is 23.2 Å². The molecule has 2 atom stereocenters. The molecule has 1 aliphatic heterocycles. The molecule has 5 nitrogen and oxygen atoms in total. The minimum atomic E-state index is -0.0735. The lowest BCUT2D eigenvalue weighted by atomic mass is 9.98. The molecule has 0 spiro atoms. The van der Waals surface area contributed by atoms with Crippen molar-refractivity contribution in [3.8, 4) is 0 Å². The molecule has 0 aliphatic carbocycles. The highest BCUT2D eigenvalue weighted by atomic mass is 35.5. The van der Waals surface area contributed by atoms with Crippen LogP contribution in [0.2, 0.25) is 10.0 Å². The second-order valence-electron chi connectivity index (χ2n) is 9.00. The number of hydrogen-bond donors (Lipinski definition) is 0. The highest BCUT2D eigenvalue weighted by molar-refractivity contribution is 6.33. The van der Waals surface area contributed by atoms with Gasteiger partial charge in [-0.1, -0.05) is 59.6 Å². The molecule has 1 aliphatic rings. The number of amides is 1. The van der Waals surface area contributed by atoms with Crippen LogP contribution in [0.15, 0.2) is 66.7 Å². The molecule has 0 radical (unpaired) electrons. The van der Waals surface area contributed by atoms with Crippen LogP contribution in [0.3, 0.4) is 0 Å². The minimum Gasteiger partial charge on any atom is -0.361 e. The van der Waals surface area contributed by atoms with Crippen molar-refractivity contribution in [3.05, 3.63) is 105 Å². The van der Waals surface area contributed by atoms with E-state index in [1.807, 2.05) is 48.5 Å². The molecule has 1 fully saturated rings. The van der Waals surface area contributed by atoms with Gasteiger partial charge in [-0.25, -0.2) is 4.85 Å². The van der Waals surface area contributed by atoms with Crippen LogP contribution in [0.25, 0.3) is 4.85 Å². The van der Waals surface area contributed by atoms with Crippen LogP contribution in [0, 0.1) is 6.57 Å². The maximum atomic E-state index is 12.4. The Bertz CT molecular complexity index is 1240. The molecule has 1 amide bonds. The van der Waals surface area contributed by atoms with Gasteiger partial charge in [0.15, 0.2) is 5.69 Å². The summed E-state index contributed by atoms with van der Waals surface area (Å²) in [6.45, 7) is 11.8. The van der Waals surface area contributed by atoms with E-state index >= 15 is 0 Å². The van der Waals surface area contributed by atoms with Crippen molar-refractivity contribution in [1.82, 2.24) is 9.80 Å². The van der Waals surface area contributed by atoms with E-state index < -0.39 is 0 Å². The zero-order valence-electron chi connectivity index (χ0n) is 20.1. The molecule has 35 heavy (non-hydrogen) atoms. The number of halogens is 2. The molecule has 3 aromatic rings. The summed E-state index contributed by atoms with van der Waals surface area (Å²) in [6, 6.07) is 21.6. The van der Waals surface area contributed by atoms with E-state index in [0.717, 1.165) is 30.9 Å². The van der Waals surface area contributed by atoms with E-state index in [4.69, 9.17) is 29.8 Å². The van der Waals surface area contributed by atoms with Gasteiger partial charge >= 0.3 is 0 Å². The van der Waals surface area contributed by atoms with Crippen molar-refractivity contribution >= 4 is 40.5 Å². The van der Waals surface area contributed by atoms with Gasteiger partial charge < -0.3 is 9.80 Å². The first-order valence-electron chi connectivity index (χ1n) is 11.5. The first kappa shape index (κ1) is 25.1. The van der Waals surface area contributed by atoms with Crippen molar-refractivity contribution in [1.29, 1.82) is 0 Å². The predicted octanol–water partition coefficient (Wildman–Crippen LogP) is 6.87. The number of nitrogens with zero attached hydrogens (tertiary/aromatic N) is 4. The van der Waals surface area contributed by atoms with Crippen LogP contribution < -0.4 is 4.90 Å². The van der Waals surface area contributed by atoms with E-state index in [1.54, 1.807) is 25.1 Å². The van der Waals surface area contributed by atoms with Crippen LogP contribution in [-0.2, 0) is 0 Å². The van der Waals surface area contributed by atoms with Crippen molar-refractivity contribution in [2.45, 2.75) is 19.0 Å². The zero-order chi connectivity index (χ0) is 25.1. The first-order valence-corrected chi connectivity index (χ1v) is 12.3. The molecule has 0 aromatic heterocycles. The molecule has 7 heteroatoms. The van der Waals surface area contributed by atoms with Gasteiger partial charge in [-0.3, -0.25) is 9.69 Å². The Morgan fingerprint density at radius 3 is 2.31 bits per heavy atom. The number of benzene rings is 3. The Hall–Kier alpha value is -3.04. The number of hydrogen-bond acceptors (Lipinski definition) is 3. The van der Waals surface area contributed by atoms with Crippen molar-refractivity contribution in [3.63, 3.8) is 0 Å². The second kappa shape index (κ2) is 10.7. The fourth-order valence-corrected chi connectivity index (χ4v) is 5.00. The maximum Gasteiger partial charge on any atom is 0.253 e. The molecule has 1 heterocycles. The van der Waals surface area contributed by atoms with Crippen molar-refractivity contribution < 1.29 is 4.79 Å². The molecule has 1 saturated heterocycles. The topological polar surface area (TPSA) is 31.1 Å². The van der Waals surface area contributed by atoms with Crippen LogP contribution in [0.1, 0.15) is 40.5 Å². The van der Waals surface area contributed by atoms with Crippen LogP contribution in [-0.4, -0.2) is 49.4 Å². The van der Waals surface area contributed by atoms with Gasteiger partial charge in [0.05, 0.1) is 23.3 Å². The van der Waals surface area contributed by atoms with Gasteiger partial charge in [-0.15, -0.1) is 0 Å². The number of carbonyl (C=O) groups excluding carboxylic acids is 1. The van der Waals surface area contributed by atoms with E-state index in [-0.39, 0.29) is 18.0 Å². The van der Waals surface area contributed by atoms with Crippen LogP contribution in [0.5, 0.6) is 0 Å². The Kier molecular flexibility index (Phi) is 7.66. The average molecular weight is 507 g/mol. The summed E-state index contributed by atoms with van der Waals surface area (Å²) < 4.78 is 0. The fraction of sp³-hybridized carbons (Fsp3) is 0.286. The average Bonchev–Trinajstić information content (AvgIpc) is 2.88. The van der Waals surface area contributed by atoms with Crippen molar-refractivity contribution in [2.75, 3.05) is 38.6 Å². The van der Waals surface area contributed by atoms with Crippen LogP contribution in [0.4, 0.5) is 11.4 Å². The zero-order valence-corrected chi connectivity index (χ0v) is 21.6. The summed E-state index contributed by atoms with van der Waals surface area (Å²) in [4.78, 5) is 22.2. The highest BCUT2D eigenvalue weighted by Crippen LogP contribution is 2.38. The number of piperazine rings is 1. The summed E-state index contributed by atoms with van der Waals surface area (Å²) in [6.07, 6.45) is 0. The molecule has 180 valence electrons. The van der Waals surface area contributed by atoms with E-state index in [2.05, 4.69) is 33.7 Å². The van der Waals surface area contributed by atoms with E-state index in [9.17, 15) is 4.79 Å². The van der Waals surface area contributed by atoms with E-state index in [1.165, 1.54) is 5.56 Å². The Morgan fingerprint density at radius 2 is 1.71 bits per heavy atom. The fourth-order valence-electron chi connectivity index (χ4n) is 4.58. The second-order valence-corrected chi connectivity index (χ2v) is 9.84. The SMILES string of the molecule is [C-]#[N+]c1ccc([C@@H](C)N2CCN(c3ccc(C(=O)N(C)C)cc3Cl)[C@H](c3ccc(Cl)cc3)C2)cc1. The molecule has 4 rings (SSSR count). The lowest BCUT2D eigenvalue weighted by Gasteiger charge is -2.45. The summed E-state index contributed by atoms with van der Waals surface area (Å²) in [5.41, 5.74) is 4.47. The summed E-state index contributed by atoms with van der Waals surface area (Å²) in [7, 11) is 3.46. The number of rotatable bonds is 5. The van der Waals surface area contributed by atoms with Gasteiger partial charge in [-0.2, -0.15) is 0 Å². The smallest absolute Gasteiger partial charge is 0.253 e. The van der Waals surface area contributed by atoms with Crippen molar-refractivity contribution in [2.24, 2.45) is 0 Å². The standard InChI is InChI=1S/C28H28Cl2N4O/c1-19(20-7-12-24(31-2)13-8-20)33-15-16-34(27(18-33)21-5-10-23(29)11-6-21)26-14-9-22(17-25(26)30)28(35)32(3)4/h5-14,17,19,27H,15-16,18H2,1,3-4H3/t19-,27+/m1/s1. The van der Waals surface area contributed by atoms with E-state index in [0.29, 0.717) is 21.3 Å².